The average Bonchev–Trinajstić information content (AvgIpc) is 2.43. The van der Waals surface area contributed by atoms with Gasteiger partial charge in [0.2, 0.25) is 0 Å². The van der Waals surface area contributed by atoms with Crippen molar-refractivity contribution in [3.05, 3.63) is 30.3 Å². The summed E-state index contributed by atoms with van der Waals surface area (Å²) < 4.78 is 5.29. The molecule has 1 aliphatic carbocycles. The Bertz CT molecular complexity index is 582. The number of rotatable bonds is 5. The maximum absolute atomic E-state index is 12.0. The molecule has 132 valence electrons. The number of hydrogen-bond donors (Lipinski definition) is 1. The lowest BCUT2D eigenvalue weighted by Crippen LogP contribution is -2.44. The van der Waals surface area contributed by atoms with Crippen LogP contribution in [0.15, 0.2) is 30.3 Å². The number of amides is 1. The predicted molar refractivity (Wildman–Crippen MR) is 95.0 cm³/mol. The Morgan fingerprint density at radius 3 is 2.46 bits per heavy atom. The molecule has 1 saturated carbocycles. The Morgan fingerprint density at radius 2 is 1.83 bits per heavy atom. The van der Waals surface area contributed by atoms with Crippen molar-refractivity contribution in [3.8, 4) is 5.75 Å². The van der Waals surface area contributed by atoms with Crippen LogP contribution in [0.5, 0.6) is 5.75 Å². The first-order valence-corrected chi connectivity index (χ1v) is 8.68. The van der Waals surface area contributed by atoms with E-state index in [4.69, 9.17) is 4.74 Å². The van der Waals surface area contributed by atoms with E-state index in [0.717, 1.165) is 19.3 Å². The smallest absolute Gasteiger partial charge is 0.410 e. The van der Waals surface area contributed by atoms with E-state index in [1.54, 1.807) is 19.1 Å². The second-order valence-electron chi connectivity index (χ2n) is 8.39. The lowest BCUT2D eigenvalue weighted by molar-refractivity contribution is -0.118. The van der Waals surface area contributed by atoms with E-state index in [1.165, 1.54) is 0 Å². The number of nitrogens with one attached hydrogen (secondary N) is 1. The molecular formula is C20H29NO3. The molecule has 0 spiro atoms. The summed E-state index contributed by atoms with van der Waals surface area (Å²) >= 11 is 0. The van der Waals surface area contributed by atoms with Gasteiger partial charge in [0, 0.05) is 13.0 Å². The van der Waals surface area contributed by atoms with Crippen molar-refractivity contribution >= 4 is 11.9 Å². The lowest BCUT2D eigenvalue weighted by Gasteiger charge is -2.46. The third-order valence-corrected chi connectivity index (χ3v) is 4.72. The zero-order chi connectivity index (χ0) is 17.8. The number of carbonyl (C=O) groups excluding carboxylic acids is 2. The number of hydrogen-bond acceptors (Lipinski definition) is 3. The molecule has 1 aliphatic rings. The molecule has 4 heteroatoms. The highest BCUT2D eigenvalue weighted by Crippen LogP contribution is 2.49. The number of Topliss-reactive ketones (excluding diaryl/α,β-unsaturated/α-hetero) is 1. The zero-order valence-electron chi connectivity index (χ0n) is 15.2. The van der Waals surface area contributed by atoms with Gasteiger partial charge in [-0.2, -0.15) is 0 Å². The molecule has 1 aromatic rings. The topological polar surface area (TPSA) is 55.4 Å². The number of ether oxygens (including phenoxy) is 1. The summed E-state index contributed by atoms with van der Waals surface area (Å²) in [6.07, 6.45) is 3.26. The summed E-state index contributed by atoms with van der Waals surface area (Å²) in [5.41, 5.74) is 0.162. The number of benzene rings is 1. The van der Waals surface area contributed by atoms with Crippen LogP contribution in [0.25, 0.3) is 0 Å². The van der Waals surface area contributed by atoms with Crippen LogP contribution in [0.3, 0.4) is 0 Å². The first kappa shape index (κ1) is 18.5. The minimum absolute atomic E-state index is 0.0163. The molecule has 0 aliphatic heterocycles. The molecule has 1 fully saturated rings. The van der Waals surface area contributed by atoms with Gasteiger partial charge in [0.15, 0.2) is 0 Å². The van der Waals surface area contributed by atoms with Gasteiger partial charge in [0.05, 0.1) is 0 Å². The number of carbonyl (C=O) groups is 2. The molecule has 1 amide bonds. The fourth-order valence-corrected chi connectivity index (χ4v) is 4.45. The van der Waals surface area contributed by atoms with E-state index in [9.17, 15) is 9.59 Å². The van der Waals surface area contributed by atoms with Crippen LogP contribution in [0.4, 0.5) is 4.79 Å². The Hall–Kier alpha value is -1.84. The second kappa shape index (κ2) is 7.37. The first-order chi connectivity index (χ1) is 11.2. The van der Waals surface area contributed by atoms with Crippen molar-refractivity contribution in [3.63, 3.8) is 0 Å². The molecule has 0 radical (unpaired) electrons. The summed E-state index contributed by atoms with van der Waals surface area (Å²) in [4.78, 5) is 23.5. The molecule has 0 saturated heterocycles. The summed E-state index contributed by atoms with van der Waals surface area (Å²) in [7, 11) is 0. The third-order valence-electron chi connectivity index (χ3n) is 4.72. The van der Waals surface area contributed by atoms with E-state index in [1.807, 2.05) is 18.2 Å². The van der Waals surface area contributed by atoms with Crippen molar-refractivity contribution in [2.45, 2.75) is 53.4 Å². The molecule has 4 nitrogen and oxygen atoms in total. The van der Waals surface area contributed by atoms with Crippen molar-refractivity contribution in [2.24, 2.45) is 16.7 Å². The van der Waals surface area contributed by atoms with Crippen molar-refractivity contribution in [2.75, 3.05) is 6.54 Å². The van der Waals surface area contributed by atoms with E-state index in [2.05, 4.69) is 26.1 Å². The molecule has 2 rings (SSSR count). The van der Waals surface area contributed by atoms with E-state index in [-0.39, 0.29) is 16.6 Å². The highest BCUT2D eigenvalue weighted by molar-refractivity contribution is 5.75. The van der Waals surface area contributed by atoms with Crippen molar-refractivity contribution < 1.29 is 14.3 Å². The normalized spacial score (nSPS) is 25.8. The van der Waals surface area contributed by atoms with Crippen LogP contribution in [0.2, 0.25) is 0 Å². The summed E-state index contributed by atoms with van der Waals surface area (Å²) in [5.74, 6) is 1.18. The van der Waals surface area contributed by atoms with Gasteiger partial charge in [0.25, 0.3) is 0 Å². The van der Waals surface area contributed by atoms with Gasteiger partial charge in [-0.3, -0.25) is 0 Å². The Balaban J connectivity index is 1.93. The lowest BCUT2D eigenvalue weighted by atomic mass is 9.60. The average molecular weight is 331 g/mol. The standard InChI is InChI=1S/C20H29NO3/c1-15(22)10-16-11-19(2,3)13-20(4,12-16)14-21-18(23)24-17-8-6-5-7-9-17/h5-9,16H,10-14H2,1-4H3,(H,21,23). The minimum Gasteiger partial charge on any atom is -0.410 e. The van der Waals surface area contributed by atoms with E-state index >= 15 is 0 Å². The molecule has 0 heterocycles. The molecule has 1 N–H and O–H groups in total. The maximum atomic E-state index is 12.0. The monoisotopic (exact) mass is 331 g/mol. The Labute approximate surface area is 145 Å². The van der Waals surface area contributed by atoms with Crippen LogP contribution < -0.4 is 10.1 Å². The fourth-order valence-electron chi connectivity index (χ4n) is 4.45. The Morgan fingerprint density at radius 1 is 1.17 bits per heavy atom. The maximum Gasteiger partial charge on any atom is 0.412 e. The van der Waals surface area contributed by atoms with Gasteiger partial charge >= 0.3 is 6.09 Å². The SMILES string of the molecule is CC(=O)CC1CC(C)(C)CC(C)(CNC(=O)Oc2ccccc2)C1. The number of para-hydroxylation sites is 1. The van der Waals surface area contributed by atoms with Gasteiger partial charge in [0.1, 0.15) is 11.5 Å². The summed E-state index contributed by atoms with van der Waals surface area (Å²) in [6, 6.07) is 9.06. The zero-order valence-corrected chi connectivity index (χ0v) is 15.2. The summed E-state index contributed by atoms with van der Waals surface area (Å²) in [6.45, 7) is 8.93. The predicted octanol–water partition coefficient (Wildman–Crippen LogP) is 4.59. The molecule has 2 atom stereocenters. The van der Waals surface area contributed by atoms with E-state index in [0.29, 0.717) is 24.6 Å². The number of ketones is 1. The fraction of sp³-hybridized carbons (Fsp3) is 0.600. The van der Waals surface area contributed by atoms with Crippen LogP contribution in [-0.4, -0.2) is 18.4 Å². The molecule has 24 heavy (non-hydrogen) atoms. The highest BCUT2D eigenvalue weighted by Gasteiger charge is 2.41. The van der Waals surface area contributed by atoms with Crippen LogP contribution in [0.1, 0.15) is 53.4 Å². The van der Waals surface area contributed by atoms with Gasteiger partial charge in [-0.1, -0.05) is 39.0 Å². The third kappa shape index (κ3) is 5.66. The van der Waals surface area contributed by atoms with Crippen LogP contribution in [-0.2, 0) is 4.79 Å². The van der Waals surface area contributed by atoms with Crippen molar-refractivity contribution in [1.82, 2.24) is 5.32 Å². The summed E-state index contributed by atoms with van der Waals surface area (Å²) in [5, 5.41) is 2.91. The second-order valence-corrected chi connectivity index (χ2v) is 8.39. The van der Waals surface area contributed by atoms with Crippen LogP contribution in [0, 0.1) is 16.7 Å². The molecule has 2 unspecified atom stereocenters. The quantitative estimate of drug-likeness (QED) is 0.859. The molecule has 0 bridgehead atoms. The van der Waals surface area contributed by atoms with Gasteiger partial charge < -0.3 is 14.8 Å². The molecular weight excluding hydrogens is 302 g/mol. The van der Waals surface area contributed by atoms with Crippen LogP contribution >= 0.6 is 0 Å². The van der Waals surface area contributed by atoms with Crippen molar-refractivity contribution in [1.29, 1.82) is 0 Å². The first-order valence-electron chi connectivity index (χ1n) is 8.68. The largest absolute Gasteiger partial charge is 0.412 e. The highest BCUT2D eigenvalue weighted by atomic mass is 16.6. The van der Waals surface area contributed by atoms with E-state index < -0.39 is 6.09 Å². The Kier molecular flexibility index (Phi) is 5.68. The molecule has 0 aromatic heterocycles. The molecule has 1 aromatic carbocycles. The van der Waals surface area contributed by atoms with Gasteiger partial charge in [-0.25, -0.2) is 4.79 Å². The van der Waals surface area contributed by atoms with Gasteiger partial charge in [-0.15, -0.1) is 0 Å². The minimum atomic E-state index is -0.422. The van der Waals surface area contributed by atoms with Gasteiger partial charge in [-0.05, 0) is 55.1 Å².